The Bertz CT molecular complexity index is 437. The molecule has 3 rings (SSSR count). The molecule has 0 N–H and O–H groups in total. The predicted octanol–water partition coefficient (Wildman–Crippen LogP) is 3.26. The molecule has 19 heavy (non-hydrogen) atoms. The van der Waals surface area contributed by atoms with Crippen LogP contribution in [0.3, 0.4) is 0 Å². The molecule has 1 heterocycles. The van der Waals surface area contributed by atoms with Gasteiger partial charge in [0.15, 0.2) is 0 Å². The number of likely N-dealkylation sites (N-methyl/N-ethyl adjacent to an activating group) is 1. The van der Waals surface area contributed by atoms with Gasteiger partial charge >= 0.3 is 0 Å². The summed E-state index contributed by atoms with van der Waals surface area (Å²) >= 11 is 0. The van der Waals surface area contributed by atoms with Crippen molar-refractivity contribution >= 4 is 0 Å². The first kappa shape index (κ1) is 13.1. The minimum atomic E-state index is 0.577. The molecule has 1 saturated heterocycles. The van der Waals surface area contributed by atoms with Crippen LogP contribution in [0.1, 0.15) is 49.8 Å². The minimum absolute atomic E-state index is 0.577. The molecule has 1 atom stereocenters. The van der Waals surface area contributed by atoms with Crippen LogP contribution in [0.2, 0.25) is 0 Å². The lowest BCUT2D eigenvalue weighted by atomic mass is 9.91. The first-order valence-corrected chi connectivity index (χ1v) is 7.70. The lowest BCUT2D eigenvalue weighted by Gasteiger charge is -2.41. The molecule has 0 amide bonds. The maximum atomic E-state index is 2.71. The molecule has 2 nitrogen and oxygen atoms in total. The van der Waals surface area contributed by atoms with Crippen LogP contribution in [-0.2, 0) is 0 Å². The lowest BCUT2D eigenvalue weighted by molar-refractivity contribution is 0.0895. The summed E-state index contributed by atoms with van der Waals surface area (Å²) in [7, 11) is 2.28. The number of hydrogen-bond acceptors (Lipinski definition) is 2. The summed E-state index contributed by atoms with van der Waals surface area (Å²) in [4.78, 5) is 5.25. The number of benzene rings is 1. The molecule has 104 valence electrons. The number of nitrogens with zero attached hydrogens (tertiary/aromatic N) is 2. The van der Waals surface area contributed by atoms with Crippen molar-refractivity contribution in [2.45, 2.75) is 44.7 Å². The van der Waals surface area contributed by atoms with E-state index in [1.54, 1.807) is 5.56 Å². The molecule has 2 aliphatic rings. The summed E-state index contributed by atoms with van der Waals surface area (Å²) < 4.78 is 0. The topological polar surface area (TPSA) is 6.48 Å². The fraction of sp³-hybridized carbons (Fsp3) is 0.647. The number of hydrogen-bond donors (Lipinski definition) is 0. The van der Waals surface area contributed by atoms with E-state index in [0.29, 0.717) is 12.0 Å². The third kappa shape index (κ3) is 2.70. The number of piperazine rings is 1. The van der Waals surface area contributed by atoms with E-state index < -0.39 is 0 Å². The van der Waals surface area contributed by atoms with Crippen LogP contribution in [0.4, 0.5) is 0 Å². The largest absolute Gasteiger partial charge is 0.297 e. The van der Waals surface area contributed by atoms with Crippen molar-refractivity contribution < 1.29 is 0 Å². The maximum Gasteiger partial charge on any atom is 0.0475 e. The summed E-state index contributed by atoms with van der Waals surface area (Å²) in [6.07, 6.45) is 2.84. The van der Waals surface area contributed by atoms with Gasteiger partial charge in [-0.05, 0) is 36.9 Å². The van der Waals surface area contributed by atoms with Crippen LogP contribution in [0.25, 0.3) is 0 Å². The molecule has 2 fully saturated rings. The summed E-state index contributed by atoms with van der Waals surface area (Å²) in [5.74, 6) is 0.612. The molecule has 0 spiro atoms. The van der Waals surface area contributed by atoms with Crippen molar-refractivity contribution in [3.05, 3.63) is 35.4 Å². The van der Waals surface area contributed by atoms with Crippen LogP contribution >= 0.6 is 0 Å². The first-order chi connectivity index (χ1) is 9.16. The average molecular weight is 258 g/mol. The second-order valence-corrected chi connectivity index (χ2v) is 6.51. The van der Waals surface area contributed by atoms with Gasteiger partial charge in [0.1, 0.15) is 0 Å². The molecule has 1 aromatic carbocycles. The van der Waals surface area contributed by atoms with E-state index in [1.807, 2.05) is 0 Å². The molecule has 1 saturated carbocycles. The normalized spacial score (nSPS) is 26.0. The van der Waals surface area contributed by atoms with E-state index in [0.717, 1.165) is 6.04 Å². The Hall–Kier alpha value is -0.860. The summed E-state index contributed by atoms with van der Waals surface area (Å²) in [6.45, 7) is 8.28. The van der Waals surface area contributed by atoms with Gasteiger partial charge in [-0.2, -0.15) is 0 Å². The quantitative estimate of drug-likeness (QED) is 0.821. The van der Waals surface area contributed by atoms with E-state index in [-0.39, 0.29) is 0 Å². The van der Waals surface area contributed by atoms with Crippen molar-refractivity contribution in [3.8, 4) is 0 Å². The van der Waals surface area contributed by atoms with Crippen LogP contribution in [0.5, 0.6) is 0 Å². The summed E-state index contributed by atoms with van der Waals surface area (Å²) in [5, 5.41) is 0. The fourth-order valence-corrected chi connectivity index (χ4v) is 3.34. The van der Waals surface area contributed by atoms with Gasteiger partial charge in [-0.1, -0.05) is 38.1 Å². The molecule has 1 unspecified atom stereocenters. The second kappa shape index (κ2) is 5.26. The van der Waals surface area contributed by atoms with Crippen molar-refractivity contribution in [1.82, 2.24) is 9.80 Å². The van der Waals surface area contributed by atoms with Crippen molar-refractivity contribution in [1.29, 1.82) is 0 Å². The van der Waals surface area contributed by atoms with Crippen LogP contribution < -0.4 is 0 Å². The molecule has 1 aliphatic heterocycles. The highest BCUT2D eigenvalue weighted by Gasteiger charge is 2.35. The molecular weight excluding hydrogens is 232 g/mol. The molecule has 1 aromatic rings. The highest BCUT2D eigenvalue weighted by atomic mass is 15.3. The fourth-order valence-electron chi connectivity index (χ4n) is 3.34. The lowest BCUT2D eigenvalue weighted by Crippen LogP contribution is -2.47. The second-order valence-electron chi connectivity index (χ2n) is 6.51. The Morgan fingerprint density at radius 3 is 2.53 bits per heavy atom. The van der Waals surface area contributed by atoms with E-state index in [1.165, 1.54) is 38.0 Å². The first-order valence-electron chi connectivity index (χ1n) is 7.70. The Balaban J connectivity index is 1.86. The van der Waals surface area contributed by atoms with Crippen LogP contribution in [-0.4, -0.2) is 42.5 Å². The Labute approximate surface area is 117 Å². The molecule has 0 radical (unpaired) electrons. The predicted molar refractivity (Wildman–Crippen MR) is 80.5 cm³/mol. The van der Waals surface area contributed by atoms with Gasteiger partial charge < -0.3 is 0 Å². The standard InChI is InChI=1S/C17H26N2/c1-13(2)15-6-4-5-7-16(15)17-12-19(14-8-9-14)11-10-18(17)3/h4-7,13-14,17H,8-12H2,1-3H3. The average Bonchev–Trinajstić information content (AvgIpc) is 3.24. The van der Waals surface area contributed by atoms with Gasteiger partial charge in [-0.3, -0.25) is 9.80 Å². The zero-order valence-electron chi connectivity index (χ0n) is 12.5. The monoisotopic (exact) mass is 258 g/mol. The van der Waals surface area contributed by atoms with Gasteiger partial charge in [0, 0.05) is 31.7 Å². The zero-order valence-corrected chi connectivity index (χ0v) is 12.5. The Morgan fingerprint density at radius 1 is 1.11 bits per heavy atom. The summed E-state index contributed by atoms with van der Waals surface area (Å²) in [5.41, 5.74) is 3.07. The highest BCUT2D eigenvalue weighted by Crippen LogP contribution is 2.35. The van der Waals surface area contributed by atoms with Crippen LogP contribution in [0.15, 0.2) is 24.3 Å². The van der Waals surface area contributed by atoms with E-state index in [2.05, 4.69) is 55.0 Å². The molecule has 1 aliphatic carbocycles. The van der Waals surface area contributed by atoms with Crippen LogP contribution in [0, 0.1) is 0 Å². The third-order valence-electron chi connectivity index (χ3n) is 4.72. The molecule has 0 aromatic heterocycles. The van der Waals surface area contributed by atoms with E-state index in [4.69, 9.17) is 0 Å². The van der Waals surface area contributed by atoms with E-state index >= 15 is 0 Å². The van der Waals surface area contributed by atoms with Gasteiger partial charge in [0.2, 0.25) is 0 Å². The highest BCUT2D eigenvalue weighted by molar-refractivity contribution is 5.33. The Morgan fingerprint density at radius 2 is 1.84 bits per heavy atom. The molecular formula is C17H26N2. The van der Waals surface area contributed by atoms with Gasteiger partial charge in [-0.15, -0.1) is 0 Å². The van der Waals surface area contributed by atoms with Crippen molar-refractivity contribution in [3.63, 3.8) is 0 Å². The SMILES string of the molecule is CC(C)c1ccccc1C1CN(C2CC2)CCN1C. The molecule has 0 bridgehead atoms. The van der Waals surface area contributed by atoms with Gasteiger partial charge in [0.25, 0.3) is 0 Å². The zero-order chi connectivity index (χ0) is 13.4. The minimum Gasteiger partial charge on any atom is -0.297 e. The number of rotatable bonds is 3. The smallest absolute Gasteiger partial charge is 0.0475 e. The maximum absolute atomic E-state index is 2.71. The van der Waals surface area contributed by atoms with Gasteiger partial charge in [0.05, 0.1) is 0 Å². The van der Waals surface area contributed by atoms with E-state index in [9.17, 15) is 0 Å². The van der Waals surface area contributed by atoms with Crippen molar-refractivity contribution in [2.24, 2.45) is 0 Å². The Kier molecular flexibility index (Phi) is 3.64. The third-order valence-corrected chi connectivity index (χ3v) is 4.72. The van der Waals surface area contributed by atoms with Crippen molar-refractivity contribution in [2.75, 3.05) is 26.7 Å². The summed E-state index contributed by atoms with van der Waals surface area (Å²) in [6, 6.07) is 10.5. The van der Waals surface area contributed by atoms with Gasteiger partial charge in [-0.25, -0.2) is 0 Å². The molecule has 2 heteroatoms.